The lowest BCUT2D eigenvalue weighted by Gasteiger charge is -2.19. The number of ether oxygens (including phenoxy) is 1. The van der Waals surface area contributed by atoms with Gasteiger partial charge in [-0.2, -0.15) is 0 Å². The zero-order valence-corrected chi connectivity index (χ0v) is 22.3. The number of esters is 1. The third-order valence-corrected chi connectivity index (χ3v) is 6.17. The number of furan rings is 1. The van der Waals surface area contributed by atoms with Crippen LogP contribution in [0.4, 0.5) is 0 Å². The van der Waals surface area contributed by atoms with Gasteiger partial charge < -0.3 is 9.15 Å². The van der Waals surface area contributed by atoms with E-state index < -0.39 is 5.97 Å². The van der Waals surface area contributed by atoms with Crippen molar-refractivity contribution in [1.82, 2.24) is 4.90 Å². The monoisotopic (exact) mass is 489 g/mol. The molecular weight excluding hydrogens is 450 g/mol. The van der Waals surface area contributed by atoms with Gasteiger partial charge in [-0.3, -0.25) is 9.69 Å². The fourth-order valence-electron chi connectivity index (χ4n) is 4.20. The second kappa shape index (κ2) is 13.2. The number of hydrogen-bond donors (Lipinski definition) is 0. The van der Waals surface area contributed by atoms with Crippen molar-refractivity contribution in [3.63, 3.8) is 0 Å². The number of nitrogens with zero attached hydrogens (tertiary/aromatic N) is 1. The lowest BCUT2D eigenvalue weighted by Crippen LogP contribution is -2.26. The van der Waals surface area contributed by atoms with Crippen molar-refractivity contribution in [2.45, 2.75) is 66.4 Å². The van der Waals surface area contributed by atoms with Crippen LogP contribution in [0.3, 0.4) is 0 Å². The van der Waals surface area contributed by atoms with Crippen LogP contribution in [0.25, 0.3) is 17.0 Å². The molecule has 1 heterocycles. The highest BCUT2D eigenvalue weighted by Gasteiger charge is 2.21. The van der Waals surface area contributed by atoms with E-state index in [0.29, 0.717) is 33.4 Å². The molecule has 0 saturated carbocycles. The van der Waals surface area contributed by atoms with Crippen LogP contribution in [-0.4, -0.2) is 42.4 Å². The lowest BCUT2D eigenvalue weighted by molar-refractivity contribution is 0.0378. The molecule has 0 unspecified atom stereocenters. The molecule has 0 bridgehead atoms. The van der Waals surface area contributed by atoms with Crippen LogP contribution in [0.15, 0.2) is 53.0 Å². The summed E-state index contributed by atoms with van der Waals surface area (Å²) < 4.78 is 11.1. The molecule has 192 valence electrons. The Morgan fingerprint density at radius 2 is 1.61 bits per heavy atom. The molecule has 5 nitrogen and oxygen atoms in total. The normalized spacial score (nSPS) is 11.8. The average Bonchev–Trinajstić information content (AvgIpc) is 3.19. The SMILES string of the molecule is CCCCN(C/C=C/c1ccc(C(=O)c2c(C)oc3ccc(C(=O)OC(C)C)cc23)cc1)CCCC. The molecule has 0 atom stereocenters. The van der Waals surface area contributed by atoms with Gasteiger partial charge in [-0.1, -0.05) is 63.1 Å². The number of carbonyl (C=O) groups excluding carboxylic acids is 2. The first-order valence-corrected chi connectivity index (χ1v) is 13.1. The number of benzene rings is 2. The first-order valence-electron chi connectivity index (χ1n) is 13.1. The summed E-state index contributed by atoms with van der Waals surface area (Å²) in [6.07, 6.45) is 8.95. The standard InChI is InChI=1S/C31H39NO4/c1-6-8-18-32(19-9-7-2)20-10-11-24-12-14-25(15-13-24)30(33)29-23(5)36-28-17-16-26(21-27(28)29)31(34)35-22(3)4/h10-17,21-22H,6-9,18-20H2,1-5H3/b11-10+. The van der Waals surface area contributed by atoms with Crippen molar-refractivity contribution in [2.24, 2.45) is 0 Å². The Bertz CT molecular complexity index is 1180. The quantitative estimate of drug-likeness (QED) is 0.184. The van der Waals surface area contributed by atoms with Gasteiger partial charge in [0, 0.05) is 17.5 Å². The van der Waals surface area contributed by atoms with Gasteiger partial charge in [0.05, 0.1) is 17.2 Å². The zero-order chi connectivity index (χ0) is 26.1. The van der Waals surface area contributed by atoms with Gasteiger partial charge in [-0.05, 0) is 70.5 Å². The van der Waals surface area contributed by atoms with Gasteiger partial charge in [0.1, 0.15) is 11.3 Å². The van der Waals surface area contributed by atoms with E-state index >= 15 is 0 Å². The Hall–Kier alpha value is -3.18. The van der Waals surface area contributed by atoms with E-state index in [1.807, 2.05) is 24.3 Å². The van der Waals surface area contributed by atoms with Crippen LogP contribution >= 0.6 is 0 Å². The molecule has 3 rings (SSSR count). The average molecular weight is 490 g/mol. The molecule has 0 spiro atoms. The minimum atomic E-state index is -0.414. The summed E-state index contributed by atoms with van der Waals surface area (Å²) in [5.41, 5.74) is 3.10. The van der Waals surface area contributed by atoms with E-state index in [2.05, 4.69) is 30.9 Å². The number of ketones is 1. The first kappa shape index (κ1) is 27.4. The maximum Gasteiger partial charge on any atom is 0.338 e. The molecule has 0 aliphatic rings. The summed E-state index contributed by atoms with van der Waals surface area (Å²) in [7, 11) is 0. The molecule has 0 fully saturated rings. The van der Waals surface area contributed by atoms with Crippen LogP contribution in [0, 0.1) is 6.92 Å². The number of carbonyl (C=O) groups is 2. The summed E-state index contributed by atoms with van der Waals surface area (Å²) in [5.74, 6) is -0.00249. The van der Waals surface area contributed by atoms with E-state index in [9.17, 15) is 9.59 Å². The molecule has 36 heavy (non-hydrogen) atoms. The minimum absolute atomic E-state index is 0.124. The molecule has 0 amide bonds. The lowest BCUT2D eigenvalue weighted by atomic mass is 9.98. The Morgan fingerprint density at radius 3 is 2.22 bits per heavy atom. The predicted octanol–water partition coefficient (Wildman–Crippen LogP) is 7.45. The minimum Gasteiger partial charge on any atom is -0.461 e. The van der Waals surface area contributed by atoms with Crippen molar-refractivity contribution >= 4 is 28.8 Å². The summed E-state index contributed by atoms with van der Waals surface area (Å²) >= 11 is 0. The van der Waals surface area contributed by atoms with Crippen LogP contribution in [0.2, 0.25) is 0 Å². The largest absolute Gasteiger partial charge is 0.461 e. The molecule has 0 aliphatic heterocycles. The Balaban J connectivity index is 1.75. The van der Waals surface area contributed by atoms with Crippen molar-refractivity contribution in [3.8, 4) is 0 Å². The third-order valence-electron chi connectivity index (χ3n) is 6.17. The van der Waals surface area contributed by atoms with Crippen LogP contribution in [-0.2, 0) is 4.74 Å². The highest BCUT2D eigenvalue weighted by atomic mass is 16.5. The Labute approximate surface area is 215 Å². The molecule has 0 radical (unpaired) electrons. The Morgan fingerprint density at radius 1 is 0.972 bits per heavy atom. The molecular formula is C31H39NO4. The number of rotatable bonds is 13. The number of unbranched alkanes of at least 4 members (excludes halogenated alkanes) is 2. The molecule has 0 saturated heterocycles. The summed E-state index contributed by atoms with van der Waals surface area (Å²) in [6, 6.07) is 12.7. The van der Waals surface area contributed by atoms with E-state index in [-0.39, 0.29) is 11.9 Å². The highest BCUT2D eigenvalue weighted by Crippen LogP contribution is 2.29. The van der Waals surface area contributed by atoms with E-state index in [4.69, 9.17) is 9.15 Å². The summed E-state index contributed by atoms with van der Waals surface area (Å²) in [6.45, 7) is 13.0. The number of hydrogen-bond acceptors (Lipinski definition) is 5. The van der Waals surface area contributed by atoms with Gasteiger partial charge in [-0.25, -0.2) is 4.79 Å². The highest BCUT2D eigenvalue weighted by molar-refractivity contribution is 6.17. The smallest absolute Gasteiger partial charge is 0.338 e. The fraction of sp³-hybridized carbons (Fsp3) is 0.419. The third kappa shape index (κ3) is 7.17. The number of aryl methyl sites for hydroxylation is 1. The molecule has 1 aromatic heterocycles. The topological polar surface area (TPSA) is 59.8 Å². The molecule has 0 N–H and O–H groups in total. The second-order valence-corrected chi connectivity index (χ2v) is 9.56. The summed E-state index contributed by atoms with van der Waals surface area (Å²) in [4.78, 5) is 28.3. The van der Waals surface area contributed by atoms with E-state index in [0.717, 1.165) is 25.2 Å². The Kier molecular flexibility index (Phi) is 10.1. The summed E-state index contributed by atoms with van der Waals surface area (Å²) in [5, 5.41) is 0.624. The van der Waals surface area contributed by atoms with Gasteiger partial charge in [0.2, 0.25) is 0 Å². The van der Waals surface area contributed by atoms with Crippen LogP contribution in [0.1, 0.15) is 91.0 Å². The van der Waals surface area contributed by atoms with Crippen molar-refractivity contribution in [2.75, 3.05) is 19.6 Å². The maximum absolute atomic E-state index is 13.4. The molecule has 3 aromatic rings. The zero-order valence-electron chi connectivity index (χ0n) is 22.3. The van der Waals surface area contributed by atoms with Gasteiger partial charge in [0.15, 0.2) is 5.78 Å². The van der Waals surface area contributed by atoms with Crippen LogP contribution in [0.5, 0.6) is 0 Å². The van der Waals surface area contributed by atoms with Crippen molar-refractivity contribution in [1.29, 1.82) is 0 Å². The van der Waals surface area contributed by atoms with Crippen LogP contribution < -0.4 is 0 Å². The molecule has 5 heteroatoms. The molecule has 0 aliphatic carbocycles. The predicted molar refractivity (Wildman–Crippen MR) is 147 cm³/mol. The van der Waals surface area contributed by atoms with Crippen molar-refractivity contribution in [3.05, 3.63) is 76.6 Å². The molecule has 2 aromatic carbocycles. The maximum atomic E-state index is 13.4. The number of fused-ring (bicyclic) bond motifs is 1. The first-order chi connectivity index (χ1) is 17.3. The van der Waals surface area contributed by atoms with Gasteiger partial charge in [-0.15, -0.1) is 0 Å². The van der Waals surface area contributed by atoms with Gasteiger partial charge >= 0.3 is 5.97 Å². The fourth-order valence-corrected chi connectivity index (χ4v) is 4.20. The van der Waals surface area contributed by atoms with E-state index in [1.54, 1.807) is 39.0 Å². The van der Waals surface area contributed by atoms with E-state index in [1.165, 1.54) is 25.7 Å². The van der Waals surface area contributed by atoms with Crippen molar-refractivity contribution < 1.29 is 18.7 Å². The van der Waals surface area contributed by atoms with Gasteiger partial charge in [0.25, 0.3) is 0 Å². The second-order valence-electron chi connectivity index (χ2n) is 9.56.